The highest BCUT2D eigenvalue weighted by atomic mass is 16.6. The quantitative estimate of drug-likeness (QED) is 0.846. The van der Waals surface area contributed by atoms with Gasteiger partial charge in [0.1, 0.15) is 13.2 Å². The van der Waals surface area contributed by atoms with Gasteiger partial charge in [0.25, 0.3) is 0 Å². The van der Waals surface area contributed by atoms with Crippen molar-refractivity contribution < 1.29 is 9.47 Å². The maximum Gasteiger partial charge on any atom is 0.164 e. The first kappa shape index (κ1) is 10.9. The summed E-state index contributed by atoms with van der Waals surface area (Å²) in [4.78, 5) is 0. The number of ether oxygens (including phenoxy) is 2. The molecule has 1 fully saturated rings. The van der Waals surface area contributed by atoms with Crippen LogP contribution < -0.4 is 14.8 Å². The summed E-state index contributed by atoms with van der Waals surface area (Å²) in [7, 11) is 0. The van der Waals surface area contributed by atoms with E-state index >= 15 is 0 Å². The van der Waals surface area contributed by atoms with Crippen molar-refractivity contribution in [1.29, 1.82) is 0 Å². The molecule has 1 N–H and O–H groups in total. The smallest absolute Gasteiger partial charge is 0.164 e. The Morgan fingerprint density at radius 1 is 1.29 bits per heavy atom. The molecule has 2 aliphatic rings. The number of hydrogen-bond acceptors (Lipinski definition) is 3. The fourth-order valence-corrected chi connectivity index (χ4v) is 2.72. The summed E-state index contributed by atoms with van der Waals surface area (Å²) in [5, 5.41) is 3.42. The molecule has 3 heteroatoms. The predicted molar refractivity (Wildman–Crippen MR) is 66.8 cm³/mol. The van der Waals surface area contributed by atoms with Gasteiger partial charge in [0.15, 0.2) is 11.5 Å². The largest absolute Gasteiger partial charge is 0.486 e. The first-order valence-corrected chi connectivity index (χ1v) is 6.43. The number of nitrogens with one attached hydrogen (secondary N) is 1. The Labute approximate surface area is 102 Å². The summed E-state index contributed by atoms with van der Waals surface area (Å²) in [6, 6.07) is 4.25. The molecule has 1 unspecified atom stereocenters. The van der Waals surface area contributed by atoms with Crippen LogP contribution in [0.5, 0.6) is 11.5 Å². The molecule has 0 radical (unpaired) electrons. The maximum absolute atomic E-state index is 5.72. The molecule has 0 amide bonds. The Bertz CT molecular complexity index is 411. The van der Waals surface area contributed by atoms with E-state index in [2.05, 4.69) is 24.4 Å². The Hall–Kier alpha value is -1.22. The lowest BCUT2D eigenvalue weighted by Gasteiger charge is -2.22. The van der Waals surface area contributed by atoms with Crippen LogP contribution in [0.15, 0.2) is 12.1 Å². The number of hydrogen-bond donors (Lipinski definition) is 1. The minimum absolute atomic E-state index is 0.665. The number of fused-ring (bicyclic) bond motifs is 1. The lowest BCUT2D eigenvalue weighted by molar-refractivity contribution is 0.170. The molecule has 0 spiro atoms. The summed E-state index contributed by atoms with van der Waals surface area (Å²) < 4.78 is 11.3. The molecular weight excluding hydrogens is 214 g/mol. The van der Waals surface area contributed by atoms with Gasteiger partial charge in [0, 0.05) is 0 Å². The average molecular weight is 233 g/mol. The van der Waals surface area contributed by atoms with E-state index in [1.165, 1.54) is 17.5 Å². The summed E-state index contributed by atoms with van der Waals surface area (Å²) in [6.07, 6.45) is 2.43. The van der Waals surface area contributed by atoms with E-state index in [1.54, 1.807) is 0 Å². The summed E-state index contributed by atoms with van der Waals surface area (Å²) >= 11 is 0. The minimum Gasteiger partial charge on any atom is -0.486 e. The molecule has 2 aliphatic heterocycles. The topological polar surface area (TPSA) is 30.5 Å². The van der Waals surface area contributed by atoms with Gasteiger partial charge < -0.3 is 14.8 Å². The predicted octanol–water partition coefficient (Wildman–Crippen LogP) is 1.92. The number of benzene rings is 1. The van der Waals surface area contributed by atoms with Crippen LogP contribution in [0, 0.1) is 12.8 Å². The Morgan fingerprint density at radius 2 is 2.18 bits per heavy atom. The lowest BCUT2D eigenvalue weighted by atomic mass is 9.95. The molecule has 1 aromatic rings. The molecule has 0 bridgehead atoms. The summed E-state index contributed by atoms with van der Waals surface area (Å²) in [6.45, 7) is 5.79. The highest BCUT2D eigenvalue weighted by Gasteiger charge is 2.20. The molecule has 1 saturated heterocycles. The molecular formula is C14H19NO2. The second-order valence-corrected chi connectivity index (χ2v) is 4.94. The monoisotopic (exact) mass is 233 g/mol. The fraction of sp³-hybridized carbons (Fsp3) is 0.571. The van der Waals surface area contributed by atoms with Gasteiger partial charge in [-0.2, -0.15) is 0 Å². The van der Waals surface area contributed by atoms with Crippen LogP contribution in [-0.4, -0.2) is 26.3 Å². The van der Waals surface area contributed by atoms with Crippen LogP contribution in [0.3, 0.4) is 0 Å². The van der Waals surface area contributed by atoms with Crippen LogP contribution in [0.2, 0.25) is 0 Å². The van der Waals surface area contributed by atoms with Gasteiger partial charge in [0.05, 0.1) is 0 Å². The molecule has 0 saturated carbocycles. The van der Waals surface area contributed by atoms with Gasteiger partial charge in [0.2, 0.25) is 0 Å². The van der Waals surface area contributed by atoms with Gasteiger partial charge in [-0.15, -0.1) is 0 Å². The van der Waals surface area contributed by atoms with Gasteiger partial charge >= 0.3 is 0 Å². The molecule has 3 rings (SSSR count). The van der Waals surface area contributed by atoms with E-state index in [0.29, 0.717) is 13.2 Å². The molecule has 0 aliphatic carbocycles. The van der Waals surface area contributed by atoms with E-state index in [1.807, 2.05) is 0 Å². The molecule has 0 aromatic heterocycles. The SMILES string of the molecule is Cc1c(CC2CCNC2)ccc2c1OCCO2. The van der Waals surface area contributed by atoms with E-state index in [9.17, 15) is 0 Å². The van der Waals surface area contributed by atoms with E-state index in [0.717, 1.165) is 36.9 Å². The van der Waals surface area contributed by atoms with Crippen molar-refractivity contribution in [2.75, 3.05) is 26.3 Å². The van der Waals surface area contributed by atoms with E-state index < -0.39 is 0 Å². The van der Waals surface area contributed by atoms with Crippen LogP contribution in [0.4, 0.5) is 0 Å². The lowest BCUT2D eigenvalue weighted by Crippen LogP contribution is -2.17. The minimum atomic E-state index is 0.665. The van der Waals surface area contributed by atoms with Gasteiger partial charge in [-0.05, 0) is 56.0 Å². The van der Waals surface area contributed by atoms with E-state index in [-0.39, 0.29) is 0 Å². The summed E-state index contributed by atoms with van der Waals surface area (Å²) in [5.74, 6) is 2.64. The zero-order chi connectivity index (χ0) is 11.7. The molecule has 2 heterocycles. The van der Waals surface area contributed by atoms with Crippen molar-refractivity contribution in [3.63, 3.8) is 0 Å². The molecule has 17 heavy (non-hydrogen) atoms. The second kappa shape index (κ2) is 4.57. The highest BCUT2D eigenvalue weighted by Crippen LogP contribution is 2.36. The van der Waals surface area contributed by atoms with Crippen LogP contribution in [0.25, 0.3) is 0 Å². The molecule has 1 aromatic carbocycles. The molecule has 92 valence electrons. The van der Waals surface area contributed by atoms with Crippen LogP contribution in [0.1, 0.15) is 17.5 Å². The second-order valence-electron chi connectivity index (χ2n) is 4.94. The third kappa shape index (κ3) is 2.12. The van der Waals surface area contributed by atoms with Gasteiger partial charge in [-0.3, -0.25) is 0 Å². The molecule has 3 nitrogen and oxygen atoms in total. The van der Waals surface area contributed by atoms with Gasteiger partial charge in [-0.25, -0.2) is 0 Å². The highest BCUT2D eigenvalue weighted by molar-refractivity contribution is 5.51. The summed E-state index contributed by atoms with van der Waals surface area (Å²) in [5.41, 5.74) is 2.66. The number of rotatable bonds is 2. The Morgan fingerprint density at radius 3 is 3.00 bits per heavy atom. The Kier molecular flexibility index (Phi) is 2.93. The fourth-order valence-electron chi connectivity index (χ4n) is 2.72. The normalized spacial score (nSPS) is 22.8. The van der Waals surface area contributed by atoms with Crippen LogP contribution in [-0.2, 0) is 6.42 Å². The third-order valence-electron chi connectivity index (χ3n) is 3.74. The van der Waals surface area contributed by atoms with Crippen molar-refractivity contribution in [1.82, 2.24) is 5.32 Å². The average Bonchev–Trinajstić information content (AvgIpc) is 2.86. The van der Waals surface area contributed by atoms with Crippen molar-refractivity contribution in [2.45, 2.75) is 19.8 Å². The van der Waals surface area contributed by atoms with Crippen molar-refractivity contribution in [3.8, 4) is 11.5 Å². The standard InChI is InChI=1S/C14H19NO2/c1-10-12(8-11-4-5-15-9-11)2-3-13-14(10)17-7-6-16-13/h2-3,11,15H,4-9H2,1H3. The first-order chi connectivity index (χ1) is 8.34. The van der Waals surface area contributed by atoms with Crippen molar-refractivity contribution in [3.05, 3.63) is 23.3 Å². The van der Waals surface area contributed by atoms with Crippen LogP contribution >= 0.6 is 0 Å². The van der Waals surface area contributed by atoms with E-state index in [4.69, 9.17) is 9.47 Å². The van der Waals surface area contributed by atoms with Crippen molar-refractivity contribution in [2.24, 2.45) is 5.92 Å². The first-order valence-electron chi connectivity index (χ1n) is 6.43. The Balaban J connectivity index is 1.84. The molecule has 1 atom stereocenters. The zero-order valence-corrected chi connectivity index (χ0v) is 10.3. The van der Waals surface area contributed by atoms with Gasteiger partial charge in [-0.1, -0.05) is 6.07 Å². The van der Waals surface area contributed by atoms with Crippen molar-refractivity contribution >= 4 is 0 Å². The zero-order valence-electron chi connectivity index (χ0n) is 10.3. The third-order valence-corrected chi connectivity index (χ3v) is 3.74. The maximum atomic E-state index is 5.72.